The summed E-state index contributed by atoms with van der Waals surface area (Å²) in [6.07, 6.45) is 5.58. The number of hydrogen-bond donors (Lipinski definition) is 1. The van der Waals surface area contributed by atoms with E-state index in [0.717, 1.165) is 24.8 Å². The minimum absolute atomic E-state index is 0.133. The van der Waals surface area contributed by atoms with E-state index in [-0.39, 0.29) is 17.9 Å². The van der Waals surface area contributed by atoms with Gasteiger partial charge in [0.1, 0.15) is 12.0 Å². The van der Waals surface area contributed by atoms with Crippen LogP contribution in [0, 0.1) is 12.7 Å². The van der Waals surface area contributed by atoms with Gasteiger partial charge in [-0.3, -0.25) is 14.8 Å². The van der Waals surface area contributed by atoms with Crippen molar-refractivity contribution in [1.29, 1.82) is 0 Å². The smallest absolute Gasteiger partial charge is 0.258 e. The molecule has 1 aliphatic rings. The van der Waals surface area contributed by atoms with Crippen LogP contribution >= 0.6 is 0 Å². The molecular weight excluding hydrogens is 403 g/mol. The number of nitrogens with zero attached hydrogens (tertiary/aromatic N) is 3. The molecule has 2 heterocycles. The Morgan fingerprint density at radius 3 is 2.38 bits per heavy atom. The lowest BCUT2D eigenvalue weighted by Crippen LogP contribution is -2.55. The molecule has 6 heteroatoms. The highest BCUT2D eigenvalue weighted by molar-refractivity contribution is 6.27. The van der Waals surface area contributed by atoms with Gasteiger partial charge in [-0.25, -0.2) is 10.2 Å². The molecule has 3 aromatic rings. The maximum absolute atomic E-state index is 13.5. The Balaban J connectivity index is 1.68. The van der Waals surface area contributed by atoms with Crippen LogP contribution < -0.4 is 5.84 Å². The van der Waals surface area contributed by atoms with Crippen LogP contribution in [-0.4, -0.2) is 34.0 Å². The third-order valence-corrected chi connectivity index (χ3v) is 6.05. The van der Waals surface area contributed by atoms with Crippen LogP contribution in [0.2, 0.25) is 0 Å². The summed E-state index contributed by atoms with van der Waals surface area (Å²) in [7, 11) is 1.77. The summed E-state index contributed by atoms with van der Waals surface area (Å²) in [5.74, 6) is 6.18. The van der Waals surface area contributed by atoms with Gasteiger partial charge >= 0.3 is 0 Å². The average molecular weight is 431 g/mol. The Morgan fingerprint density at radius 2 is 1.69 bits per heavy atom. The molecule has 2 aromatic carbocycles. The van der Waals surface area contributed by atoms with Crippen molar-refractivity contribution in [2.75, 3.05) is 7.05 Å². The molecule has 1 aliphatic heterocycles. The molecule has 1 amide bonds. The van der Waals surface area contributed by atoms with Gasteiger partial charge in [0.25, 0.3) is 5.91 Å². The minimum atomic E-state index is -0.352. The number of rotatable bonds is 6. The molecular formula is C26H27FN4O. The molecule has 0 saturated heterocycles. The lowest BCUT2D eigenvalue weighted by atomic mass is 9.94. The van der Waals surface area contributed by atoms with E-state index >= 15 is 0 Å². The number of pyridine rings is 1. The number of nitrogens with two attached hydrogens (primary N) is 1. The van der Waals surface area contributed by atoms with Gasteiger partial charge < -0.3 is 4.90 Å². The van der Waals surface area contributed by atoms with Crippen LogP contribution in [0.3, 0.4) is 0 Å². The fraction of sp³-hybridized carbons (Fsp3) is 0.231. The molecule has 164 valence electrons. The lowest BCUT2D eigenvalue weighted by molar-refractivity contribution is -0.129. The topological polar surface area (TPSA) is 62.5 Å². The lowest BCUT2D eigenvalue weighted by Gasteiger charge is -2.43. The molecule has 1 aromatic heterocycles. The zero-order chi connectivity index (χ0) is 22.7. The molecule has 0 radical (unpaired) electrons. The van der Waals surface area contributed by atoms with E-state index in [0.29, 0.717) is 16.8 Å². The molecule has 0 bridgehead atoms. The molecule has 0 fully saturated rings. The van der Waals surface area contributed by atoms with Crippen molar-refractivity contribution in [3.05, 3.63) is 101 Å². The zero-order valence-corrected chi connectivity index (χ0v) is 18.3. The van der Waals surface area contributed by atoms with E-state index in [2.05, 4.69) is 24.0 Å². The fourth-order valence-electron chi connectivity index (χ4n) is 4.26. The van der Waals surface area contributed by atoms with E-state index in [1.807, 2.05) is 24.3 Å². The second-order valence-electron chi connectivity index (χ2n) is 8.09. The van der Waals surface area contributed by atoms with E-state index in [9.17, 15) is 9.18 Å². The number of hydrogen-bond acceptors (Lipinski definition) is 4. The number of halogens is 1. The van der Waals surface area contributed by atoms with Gasteiger partial charge in [0.15, 0.2) is 0 Å². The molecule has 2 N–H and O–H groups in total. The normalized spacial score (nSPS) is 16.6. The second-order valence-corrected chi connectivity index (χ2v) is 8.09. The third kappa shape index (κ3) is 4.27. The summed E-state index contributed by atoms with van der Waals surface area (Å²) >= 11 is 0. The number of aryl methyl sites for hydroxylation is 2. The molecule has 0 spiro atoms. The van der Waals surface area contributed by atoms with Crippen LogP contribution in [-0.2, 0) is 11.2 Å². The van der Waals surface area contributed by atoms with E-state index in [1.165, 1.54) is 23.3 Å². The monoisotopic (exact) mass is 430 g/mol. The molecule has 1 atom stereocenters. The van der Waals surface area contributed by atoms with Gasteiger partial charge in [-0.15, -0.1) is 0 Å². The van der Waals surface area contributed by atoms with Crippen molar-refractivity contribution < 1.29 is 9.18 Å². The molecule has 32 heavy (non-hydrogen) atoms. The van der Waals surface area contributed by atoms with E-state index < -0.39 is 0 Å². The van der Waals surface area contributed by atoms with Gasteiger partial charge in [0, 0.05) is 25.0 Å². The van der Waals surface area contributed by atoms with Crippen molar-refractivity contribution in [3.63, 3.8) is 0 Å². The Kier molecular flexibility index (Phi) is 6.32. The van der Waals surface area contributed by atoms with Gasteiger partial charge in [0.2, 0.25) is 0 Å². The van der Waals surface area contributed by atoms with Gasteiger partial charge in [-0.1, -0.05) is 36.4 Å². The standard InChI is InChI=1S/C26H27FN4O/c1-18-6-3-4-7-19(18)8-5-9-23-30(2)26(32)24(20-10-12-22(27)13-11-20)25(31(23)28)21-14-16-29-17-15-21/h3-4,6-7,10-17,23H,5,8-9,28H2,1-2H3. The summed E-state index contributed by atoms with van der Waals surface area (Å²) in [5.41, 5.74) is 5.08. The van der Waals surface area contributed by atoms with Crippen LogP contribution in [0.15, 0.2) is 73.1 Å². The number of aromatic nitrogens is 1. The number of benzene rings is 2. The number of carbonyl (C=O) groups is 1. The third-order valence-electron chi connectivity index (χ3n) is 6.05. The number of amides is 1. The maximum atomic E-state index is 13.5. The first-order chi connectivity index (χ1) is 15.5. The van der Waals surface area contributed by atoms with Crippen molar-refractivity contribution in [1.82, 2.24) is 14.9 Å². The van der Waals surface area contributed by atoms with Crippen molar-refractivity contribution >= 4 is 17.2 Å². The number of likely N-dealkylation sites (N-methyl/N-ethyl adjacent to an activating group) is 1. The van der Waals surface area contributed by atoms with Crippen LogP contribution in [0.1, 0.15) is 35.1 Å². The van der Waals surface area contributed by atoms with Gasteiger partial charge in [0.05, 0.1) is 11.3 Å². The van der Waals surface area contributed by atoms with Crippen LogP contribution in [0.4, 0.5) is 4.39 Å². The predicted octanol–water partition coefficient (Wildman–Crippen LogP) is 4.39. The highest BCUT2D eigenvalue weighted by Gasteiger charge is 2.37. The molecule has 5 nitrogen and oxygen atoms in total. The summed E-state index contributed by atoms with van der Waals surface area (Å²) in [6, 6.07) is 17.9. The van der Waals surface area contributed by atoms with Crippen LogP contribution in [0.5, 0.6) is 0 Å². The van der Waals surface area contributed by atoms with Gasteiger partial charge in [-0.2, -0.15) is 0 Å². The predicted molar refractivity (Wildman–Crippen MR) is 124 cm³/mol. The number of carbonyl (C=O) groups excluding carboxylic acids is 1. The molecule has 0 aliphatic carbocycles. The molecule has 1 unspecified atom stereocenters. The Morgan fingerprint density at radius 1 is 1.00 bits per heavy atom. The Hall–Kier alpha value is -3.51. The summed E-state index contributed by atoms with van der Waals surface area (Å²) in [4.78, 5) is 19.3. The summed E-state index contributed by atoms with van der Waals surface area (Å²) < 4.78 is 13.5. The van der Waals surface area contributed by atoms with Gasteiger partial charge in [-0.05, 0) is 67.1 Å². The van der Waals surface area contributed by atoms with E-state index in [1.54, 1.807) is 41.5 Å². The first-order valence-corrected chi connectivity index (χ1v) is 10.7. The van der Waals surface area contributed by atoms with E-state index in [4.69, 9.17) is 5.84 Å². The quantitative estimate of drug-likeness (QED) is 0.589. The first kappa shape index (κ1) is 21.7. The highest BCUT2D eigenvalue weighted by atomic mass is 19.1. The van der Waals surface area contributed by atoms with Crippen LogP contribution in [0.25, 0.3) is 11.3 Å². The minimum Gasteiger partial charge on any atom is -0.320 e. The Bertz CT molecular complexity index is 1130. The SMILES string of the molecule is Cc1ccccc1CCCC1N(C)C(=O)C(c2ccc(F)cc2)=C(c2ccncc2)N1N. The maximum Gasteiger partial charge on any atom is 0.258 e. The second kappa shape index (κ2) is 9.32. The zero-order valence-electron chi connectivity index (χ0n) is 18.3. The fourth-order valence-corrected chi connectivity index (χ4v) is 4.26. The Labute approximate surface area is 188 Å². The molecule has 0 saturated carbocycles. The average Bonchev–Trinajstić information content (AvgIpc) is 2.81. The van der Waals surface area contributed by atoms with Crippen molar-refractivity contribution in [2.24, 2.45) is 5.84 Å². The first-order valence-electron chi connectivity index (χ1n) is 10.7. The largest absolute Gasteiger partial charge is 0.320 e. The van der Waals surface area contributed by atoms with Crippen molar-refractivity contribution in [2.45, 2.75) is 32.4 Å². The van der Waals surface area contributed by atoms with Crippen molar-refractivity contribution in [3.8, 4) is 0 Å². The summed E-state index contributed by atoms with van der Waals surface area (Å²) in [5, 5.41) is 1.67. The number of hydrazine groups is 1. The molecule has 4 rings (SSSR count). The highest BCUT2D eigenvalue weighted by Crippen LogP contribution is 2.36. The summed E-state index contributed by atoms with van der Waals surface area (Å²) in [6.45, 7) is 2.11.